The number of hydrogen-bond acceptors (Lipinski definition) is 6. The van der Waals surface area contributed by atoms with Crippen LogP contribution in [0.5, 0.6) is 5.75 Å². The fourth-order valence-corrected chi connectivity index (χ4v) is 8.73. The molecule has 8 atom stereocenters. The maximum absolute atomic E-state index is 12.9. The molecule has 1 aromatic rings. The van der Waals surface area contributed by atoms with Crippen LogP contribution in [-0.4, -0.2) is 102 Å². The van der Waals surface area contributed by atoms with Gasteiger partial charge >= 0.3 is 6.09 Å². The number of alkyl halides is 2. The van der Waals surface area contributed by atoms with Gasteiger partial charge in [0.2, 0.25) is 0 Å². The number of aliphatic hydroxyl groups excluding tert-OH is 1. The van der Waals surface area contributed by atoms with Gasteiger partial charge in [-0.15, -0.1) is 0 Å². The summed E-state index contributed by atoms with van der Waals surface area (Å²) in [7, 11) is 14.1. The summed E-state index contributed by atoms with van der Waals surface area (Å²) in [5.41, 5.74) is -2.03. The number of benzene rings is 1. The number of ether oxygens (including phenoxy) is 3. The molecule has 6 nitrogen and oxygen atoms in total. The van der Waals surface area contributed by atoms with Crippen LogP contribution >= 0.6 is 12.6 Å². The summed E-state index contributed by atoms with van der Waals surface area (Å²) in [4.78, 5) is 14.6. The van der Waals surface area contributed by atoms with Gasteiger partial charge in [-0.2, -0.15) is 12.6 Å². The van der Waals surface area contributed by atoms with Gasteiger partial charge in [0.25, 0.3) is 0 Å². The summed E-state index contributed by atoms with van der Waals surface area (Å²) >= 11 is 3.80. The molecule has 6 radical (unpaired) electrons. The molecule has 2 saturated carbocycles. The number of rotatable bonds is 8. The van der Waals surface area contributed by atoms with Crippen molar-refractivity contribution in [1.82, 2.24) is 4.90 Å². The molecule has 8 unspecified atom stereocenters. The molecule has 6 rings (SSSR count). The Hall–Kier alpha value is -1.23. The predicted octanol–water partition coefficient (Wildman–Crippen LogP) is 6.93. The number of hydrogen-bond donors (Lipinski definition) is 2. The van der Waals surface area contributed by atoms with E-state index in [0.717, 1.165) is 39.1 Å². The molecule has 274 valence electrons. The van der Waals surface area contributed by atoms with Gasteiger partial charge in [-0.3, -0.25) is 8.78 Å². The van der Waals surface area contributed by atoms with Crippen molar-refractivity contribution in [2.75, 3.05) is 45.3 Å². The molecule has 0 aromatic heterocycles. The monoisotopic (exact) mass is 711 g/mol. The fraction of sp³-hybridized carbons (Fsp3) is 0.816. The first-order valence-corrected chi connectivity index (χ1v) is 19.3. The highest BCUT2D eigenvalue weighted by atomic mass is 32.1. The summed E-state index contributed by atoms with van der Waals surface area (Å²) in [6.45, 7) is 15.0. The van der Waals surface area contributed by atoms with Gasteiger partial charge in [0.15, 0.2) is 0 Å². The first-order valence-electron chi connectivity index (χ1n) is 18.7. The lowest BCUT2D eigenvalue weighted by Crippen LogP contribution is -2.49. The predicted molar refractivity (Wildman–Crippen MR) is 201 cm³/mol. The van der Waals surface area contributed by atoms with Crippen LogP contribution in [0.2, 0.25) is 0 Å². The zero-order valence-electron chi connectivity index (χ0n) is 31.0. The number of amides is 1. The van der Waals surface area contributed by atoms with E-state index in [4.69, 9.17) is 22.1 Å². The smallest absolute Gasteiger partial charge is 0.410 e. The van der Waals surface area contributed by atoms with Crippen molar-refractivity contribution in [1.29, 1.82) is 0 Å². The van der Waals surface area contributed by atoms with Crippen molar-refractivity contribution >= 4 is 42.3 Å². The van der Waals surface area contributed by atoms with E-state index in [0.29, 0.717) is 59.5 Å². The Balaban J connectivity index is 0.000000276. The zero-order valence-corrected chi connectivity index (χ0v) is 31.9. The summed E-state index contributed by atoms with van der Waals surface area (Å²) in [5, 5.41) is 9.22. The number of fused-ring (bicyclic) bond motifs is 6. The molecule has 5 aliphatic rings. The Bertz CT molecular complexity index is 1250. The number of aliphatic hydroxyl groups is 1. The Kier molecular flexibility index (Phi) is 14.4. The summed E-state index contributed by atoms with van der Waals surface area (Å²) in [5.74, 6) is 4.05. The molecule has 50 heavy (non-hydrogen) atoms. The third-order valence-electron chi connectivity index (χ3n) is 12.1. The molecule has 4 fully saturated rings. The molecule has 0 spiro atoms. The van der Waals surface area contributed by atoms with Gasteiger partial charge in [0.05, 0.1) is 43.6 Å². The molecule has 12 heteroatoms. The van der Waals surface area contributed by atoms with Crippen LogP contribution in [-0.2, 0) is 15.9 Å². The molecular weight excluding hydrogens is 653 g/mol. The molecule has 1 aromatic carbocycles. The van der Waals surface area contributed by atoms with Gasteiger partial charge < -0.3 is 24.2 Å². The van der Waals surface area contributed by atoms with Crippen LogP contribution in [0.3, 0.4) is 0 Å². The molecule has 0 bridgehead atoms. The van der Waals surface area contributed by atoms with E-state index in [1.165, 1.54) is 43.2 Å². The molecule has 1 amide bonds. The van der Waals surface area contributed by atoms with Crippen molar-refractivity contribution in [3.63, 3.8) is 0 Å². The van der Waals surface area contributed by atoms with Crippen molar-refractivity contribution in [3.8, 4) is 5.75 Å². The average molecular weight is 711 g/mol. The quantitative estimate of drug-likeness (QED) is 0.226. The van der Waals surface area contributed by atoms with E-state index in [2.05, 4.69) is 75.1 Å². The highest BCUT2D eigenvalue weighted by Crippen LogP contribution is 2.61. The molecule has 1 N–H and O–H groups in total. The number of likely N-dealkylation sites (tertiary alicyclic amines) is 1. The Morgan fingerprint density at radius 3 is 2.34 bits per heavy atom. The van der Waals surface area contributed by atoms with Crippen molar-refractivity contribution in [3.05, 3.63) is 29.3 Å². The number of halogens is 2. The Morgan fingerprint density at radius 2 is 1.76 bits per heavy atom. The summed E-state index contributed by atoms with van der Waals surface area (Å²) in [6.07, 6.45) is 8.44. The molecule has 2 aliphatic heterocycles. The van der Waals surface area contributed by atoms with Crippen molar-refractivity contribution < 1.29 is 32.9 Å². The largest absolute Gasteiger partial charge is 0.415 e. The van der Waals surface area contributed by atoms with E-state index >= 15 is 0 Å². The van der Waals surface area contributed by atoms with E-state index in [1.54, 1.807) is 0 Å². The zero-order chi connectivity index (χ0) is 36.9. The van der Waals surface area contributed by atoms with Crippen LogP contribution < -0.4 is 4.74 Å². The number of aryl methyl sites for hydroxylation is 1. The van der Waals surface area contributed by atoms with Gasteiger partial charge in [-0.1, -0.05) is 47.1 Å². The van der Waals surface area contributed by atoms with Crippen LogP contribution in [0.15, 0.2) is 18.2 Å². The summed E-state index contributed by atoms with van der Waals surface area (Å²) < 4.78 is 42.8. The third-order valence-corrected chi connectivity index (χ3v) is 12.4. The molecule has 3 aliphatic carbocycles. The topological polar surface area (TPSA) is 68.2 Å². The van der Waals surface area contributed by atoms with Gasteiger partial charge in [-0.05, 0) is 109 Å². The first kappa shape index (κ1) is 41.5. The number of carbonyl (C=O) groups excluding carboxylic acids is 1. The second-order valence-electron chi connectivity index (χ2n) is 16.7. The standard InChI is InChI=1S/C27H37NO5.C6H14.C5H7B3F2S/c1-27-9-8-22-21-5-3-20(33-26(30)28-13-18-15-31-16-19(18)14-28)12-17(21)2-4-23(22)24(27)6-7-25(27)32-11-10-29;1-5-6(2,3)4;6-4(9,2-1-3-11)5(7,8)10/h3,5,12,18-19,22-25,29H,2,4,6-11,13-16H2,1H3;5H2,1-4H3;11H,1-3H2. The Morgan fingerprint density at radius 1 is 1.10 bits per heavy atom. The lowest BCUT2D eigenvalue weighted by molar-refractivity contribution is -0.0710. The minimum atomic E-state index is -2.98. The van der Waals surface area contributed by atoms with E-state index in [1.807, 2.05) is 11.0 Å². The molecular formula is C38H58B3F2NO5S. The van der Waals surface area contributed by atoms with Crippen molar-refractivity contribution in [2.24, 2.45) is 34.5 Å². The Labute approximate surface area is 309 Å². The van der Waals surface area contributed by atoms with Crippen LogP contribution in [0.25, 0.3) is 0 Å². The molecule has 2 heterocycles. The minimum absolute atomic E-state index is 0.108. The lowest BCUT2D eigenvalue weighted by atomic mass is 9.50. The third kappa shape index (κ3) is 10.0. The molecule has 2 saturated heterocycles. The van der Waals surface area contributed by atoms with Crippen LogP contribution in [0, 0.1) is 34.5 Å². The highest BCUT2D eigenvalue weighted by molar-refractivity contribution is 7.80. The van der Waals surface area contributed by atoms with E-state index in [-0.39, 0.29) is 30.6 Å². The highest BCUT2D eigenvalue weighted by Gasteiger charge is 2.55. The average Bonchev–Trinajstić information content (AvgIpc) is 3.76. The van der Waals surface area contributed by atoms with Crippen molar-refractivity contribution in [2.45, 2.75) is 115 Å². The second-order valence-corrected chi connectivity index (χ2v) is 17.1. The van der Waals surface area contributed by atoms with Gasteiger partial charge in [0, 0.05) is 24.9 Å². The second kappa shape index (κ2) is 17.3. The van der Waals surface area contributed by atoms with Crippen LogP contribution in [0.1, 0.15) is 103 Å². The van der Waals surface area contributed by atoms with Gasteiger partial charge in [0.1, 0.15) is 29.3 Å². The fourth-order valence-electron chi connectivity index (χ4n) is 8.57. The maximum Gasteiger partial charge on any atom is 0.415 e. The normalized spacial score (nSPS) is 31.1. The minimum Gasteiger partial charge on any atom is -0.410 e. The maximum atomic E-state index is 12.9. The summed E-state index contributed by atoms with van der Waals surface area (Å²) in [6, 6.07) is 6.37. The lowest BCUT2D eigenvalue weighted by Gasteiger charge is -2.50. The first-order chi connectivity index (χ1) is 23.4. The SMILES string of the molecule is CC12CCC3c4ccc(OC(=O)N5CC6COCC6C5)cc4CCC3C1CCC2OCCO.CCC(C)(C)C.[B]C([B])(F)C([B])(F)CCCS. The van der Waals surface area contributed by atoms with Crippen LogP contribution in [0.4, 0.5) is 13.6 Å². The number of thiol groups is 1. The number of nitrogens with zero attached hydrogens (tertiary/aromatic N) is 1. The van der Waals surface area contributed by atoms with E-state index in [9.17, 15) is 18.7 Å². The number of carbonyl (C=O) groups is 1. The van der Waals surface area contributed by atoms with E-state index < -0.39 is 11.0 Å². The van der Waals surface area contributed by atoms with Gasteiger partial charge in [-0.25, -0.2) is 4.79 Å².